The summed E-state index contributed by atoms with van der Waals surface area (Å²) in [5.74, 6) is 0.349. The molecule has 0 aliphatic carbocycles. The number of hydrogen-bond acceptors (Lipinski definition) is 3. The van der Waals surface area contributed by atoms with Crippen LogP contribution in [0.3, 0.4) is 0 Å². The molecule has 0 aliphatic heterocycles. The maximum Gasteiger partial charge on any atom is 0.425 e. The lowest BCUT2D eigenvalue weighted by atomic mass is 10.4. The van der Waals surface area contributed by atoms with Gasteiger partial charge in [0.05, 0.1) is 0 Å². The van der Waals surface area contributed by atoms with Gasteiger partial charge in [-0.05, 0) is 22.9 Å². The van der Waals surface area contributed by atoms with Gasteiger partial charge in [-0.15, -0.1) is 0 Å². The summed E-state index contributed by atoms with van der Waals surface area (Å²) in [4.78, 5) is 7.81. The minimum absolute atomic E-state index is 0.0800. The van der Waals surface area contributed by atoms with E-state index in [1.54, 1.807) is 6.92 Å². The van der Waals surface area contributed by atoms with Crippen LogP contribution in [0, 0.1) is 0 Å². The Hall–Kier alpha value is -0.850. The summed E-state index contributed by atoms with van der Waals surface area (Å²) in [5.41, 5.74) is 0. The molecule has 3 nitrogen and oxygen atoms in total. The molecule has 16 heavy (non-hydrogen) atoms. The molecule has 1 unspecified atom stereocenters. The zero-order chi connectivity index (χ0) is 12.3. The van der Waals surface area contributed by atoms with Gasteiger partial charge in [0.25, 0.3) is 0 Å². The molecule has 0 saturated heterocycles. The van der Waals surface area contributed by atoms with E-state index in [-0.39, 0.29) is 5.88 Å². The summed E-state index contributed by atoms with van der Waals surface area (Å²) in [6.45, 7) is 2.74. The predicted molar refractivity (Wildman–Crippen MR) is 55.3 cm³/mol. The lowest BCUT2D eigenvalue weighted by molar-refractivity contribution is -0.190. The summed E-state index contributed by atoms with van der Waals surface area (Å²) in [6, 6.07) is 1.31. The molecule has 0 aliphatic rings. The van der Waals surface area contributed by atoms with Gasteiger partial charge in [0, 0.05) is 12.5 Å². The highest BCUT2D eigenvalue weighted by atomic mass is 79.9. The van der Waals surface area contributed by atoms with Crippen LogP contribution in [0.2, 0.25) is 0 Å². The van der Waals surface area contributed by atoms with Gasteiger partial charge in [-0.25, -0.2) is 4.98 Å². The predicted octanol–water partition coefficient (Wildman–Crippen LogP) is 3.13. The second-order valence-corrected chi connectivity index (χ2v) is 3.91. The Bertz CT molecular complexity index is 370. The molecule has 0 fully saturated rings. The highest BCUT2D eigenvalue weighted by Gasteiger charge is 2.38. The molecule has 90 valence electrons. The van der Waals surface area contributed by atoms with E-state index in [0.29, 0.717) is 16.8 Å². The van der Waals surface area contributed by atoms with Crippen LogP contribution in [0.25, 0.3) is 0 Å². The summed E-state index contributed by atoms with van der Waals surface area (Å²) in [5, 5.41) is 0. The number of aromatic nitrogens is 2. The van der Waals surface area contributed by atoms with Crippen LogP contribution in [0.4, 0.5) is 13.2 Å². The first-order valence-electron chi connectivity index (χ1n) is 4.59. The fraction of sp³-hybridized carbons (Fsp3) is 0.556. The number of aryl methyl sites for hydroxylation is 1. The van der Waals surface area contributed by atoms with Gasteiger partial charge in [0.15, 0.2) is 6.10 Å². The Morgan fingerprint density at radius 3 is 2.56 bits per heavy atom. The van der Waals surface area contributed by atoms with Crippen molar-refractivity contribution in [1.82, 2.24) is 9.97 Å². The Morgan fingerprint density at radius 2 is 2.06 bits per heavy atom. The largest absolute Gasteiger partial charge is 0.465 e. The molecule has 0 spiro atoms. The summed E-state index contributed by atoms with van der Waals surface area (Å²) >= 11 is 3.08. The van der Waals surface area contributed by atoms with Crippen molar-refractivity contribution in [3.05, 3.63) is 16.5 Å². The van der Waals surface area contributed by atoms with Crippen molar-refractivity contribution in [2.24, 2.45) is 0 Å². The minimum atomic E-state index is -4.40. The monoisotopic (exact) mass is 298 g/mol. The molecule has 7 heteroatoms. The Morgan fingerprint density at radius 1 is 1.44 bits per heavy atom. The second-order valence-electron chi connectivity index (χ2n) is 3.10. The maximum absolute atomic E-state index is 12.2. The normalized spacial score (nSPS) is 13.6. The van der Waals surface area contributed by atoms with Crippen molar-refractivity contribution in [1.29, 1.82) is 0 Å². The van der Waals surface area contributed by atoms with E-state index in [0.717, 1.165) is 6.92 Å². The van der Waals surface area contributed by atoms with Gasteiger partial charge in [-0.2, -0.15) is 18.2 Å². The fourth-order valence-corrected chi connectivity index (χ4v) is 1.31. The maximum atomic E-state index is 12.2. The van der Waals surface area contributed by atoms with E-state index in [1.165, 1.54) is 6.07 Å². The van der Waals surface area contributed by atoms with Gasteiger partial charge in [0.1, 0.15) is 10.4 Å². The molecule has 0 bridgehead atoms. The second kappa shape index (κ2) is 4.99. The van der Waals surface area contributed by atoms with Gasteiger partial charge in [-0.3, -0.25) is 0 Å². The number of alkyl halides is 3. The topological polar surface area (TPSA) is 35.0 Å². The van der Waals surface area contributed by atoms with Crippen LogP contribution in [0.5, 0.6) is 5.88 Å². The molecule has 1 heterocycles. The Kier molecular flexibility index (Phi) is 4.12. The van der Waals surface area contributed by atoms with Gasteiger partial charge >= 0.3 is 6.18 Å². The zero-order valence-corrected chi connectivity index (χ0v) is 10.3. The quantitative estimate of drug-likeness (QED) is 0.804. The average Bonchev–Trinajstić information content (AvgIpc) is 2.15. The van der Waals surface area contributed by atoms with Crippen LogP contribution >= 0.6 is 15.9 Å². The van der Waals surface area contributed by atoms with Crippen LogP contribution < -0.4 is 4.74 Å². The molecular formula is C9H10BrF3N2O. The average molecular weight is 299 g/mol. The molecule has 0 radical (unpaired) electrons. The number of rotatable bonds is 3. The molecule has 0 amide bonds. The molecule has 1 aromatic heterocycles. The number of ether oxygens (including phenoxy) is 1. The highest BCUT2D eigenvalue weighted by molar-refractivity contribution is 9.10. The van der Waals surface area contributed by atoms with E-state index < -0.39 is 12.3 Å². The van der Waals surface area contributed by atoms with Crippen LogP contribution in [0.1, 0.15) is 19.7 Å². The summed E-state index contributed by atoms with van der Waals surface area (Å²) < 4.78 is 41.8. The molecule has 0 aromatic carbocycles. The number of hydrogen-bond donors (Lipinski definition) is 0. The van der Waals surface area contributed by atoms with E-state index >= 15 is 0 Å². The molecule has 1 atom stereocenters. The smallest absolute Gasteiger partial charge is 0.425 e. The van der Waals surface area contributed by atoms with E-state index in [1.807, 2.05) is 0 Å². The third-order valence-electron chi connectivity index (χ3n) is 1.79. The van der Waals surface area contributed by atoms with Crippen molar-refractivity contribution >= 4 is 15.9 Å². The molecule has 1 rings (SSSR count). The van der Waals surface area contributed by atoms with Gasteiger partial charge < -0.3 is 4.74 Å². The van der Waals surface area contributed by atoms with Crippen LogP contribution in [-0.2, 0) is 6.42 Å². The molecule has 0 N–H and O–H groups in total. The molecular weight excluding hydrogens is 289 g/mol. The van der Waals surface area contributed by atoms with Crippen molar-refractivity contribution in [3.63, 3.8) is 0 Å². The first-order valence-corrected chi connectivity index (χ1v) is 5.39. The number of halogens is 4. The lowest BCUT2D eigenvalue weighted by Gasteiger charge is -2.17. The Balaban J connectivity index is 2.85. The first kappa shape index (κ1) is 13.2. The van der Waals surface area contributed by atoms with Gasteiger partial charge in [0.2, 0.25) is 5.88 Å². The third-order valence-corrected chi connectivity index (χ3v) is 2.20. The summed E-state index contributed by atoms with van der Waals surface area (Å²) in [7, 11) is 0. The van der Waals surface area contributed by atoms with Crippen molar-refractivity contribution in [2.75, 3.05) is 0 Å². The van der Waals surface area contributed by atoms with Crippen molar-refractivity contribution in [2.45, 2.75) is 32.5 Å². The van der Waals surface area contributed by atoms with E-state index in [2.05, 4.69) is 25.9 Å². The SMILES string of the molecule is CCc1nc(Br)cc(OC(C)C(F)(F)F)n1. The fourth-order valence-electron chi connectivity index (χ4n) is 0.908. The van der Waals surface area contributed by atoms with Crippen LogP contribution in [-0.4, -0.2) is 22.2 Å². The highest BCUT2D eigenvalue weighted by Crippen LogP contribution is 2.25. The standard InChI is InChI=1S/C9H10BrF3N2O/c1-3-7-14-6(10)4-8(15-7)16-5(2)9(11,12)13/h4-5H,3H2,1-2H3. The molecule has 0 saturated carbocycles. The van der Waals surface area contributed by atoms with Crippen molar-refractivity contribution in [3.8, 4) is 5.88 Å². The van der Waals surface area contributed by atoms with E-state index in [9.17, 15) is 13.2 Å². The first-order chi connectivity index (χ1) is 7.32. The third kappa shape index (κ3) is 3.62. The van der Waals surface area contributed by atoms with Crippen molar-refractivity contribution < 1.29 is 17.9 Å². The molecule has 1 aromatic rings. The van der Waals surface area contributed by atoms with Crippen LogP contribution in [0.15, 0.2) is 10.7 Å². The summed E-state index contributed by atoms with van der Waals surface area (Å²) in [6.07, 6.45) is -5.76. The number of nitrogens with zero attached hydrogens (tertiary/aromatic N) is 2. The zero-order valence-electron chi connectivity index (χ0n) is 8.68. The minimum Gasteiger partial charge on any atom is -0.465 e. The lowest BCUT2D eigenvalue weighted by Crippen LogP contribution is -2.31. The van der Waals surface area contributed by atoms with E-state index in [4.69, 9.17) is 4.74 Å². The Labute approximate surface area is 99.2 Å². The van der Waals surface area contributed by atoms with Gasteiger partial charge in [-0.1, -0.05) is 6.92 Å².